The molecule has 0 spiro atoms. The van der Waals surface area contributed by atoms with Crippen molar-refractivity contribution in [1.29, 1.82) is 0 Å². The van der Waals surface area contributed by atoms with E-state index in [1.165, 1.54) is 13.0 Å². The number of nitrogens with one attached hydrogen (secondary N) is 1. The van der Waals surface area contributed by atoms with Gasteiger partial charge in [0, 0.05) is 19.1 Å². The number of likely N-dealkylation sites (tertiary alicyclic amines) is 1. The number of hydrogen-bond donors (Lipinski definition) is 2. The van der Waals surface area contributed by atoms with Crippen molar-refractivity contribution in [2.45, 2.75) is 19.4 Å². The van der Waals surface area contributed by atoms with E-state index in [9.17, 15) is 0 Å². The Labute approximate surface area is 68.4 Å². The standard InChI is InChI=1S/C8H18N2O/c1-2-10-5-3-8(7-10)9-4-6-11/h8-9,11H,2-7H2,1H3/t8-/m0/s1. The third-order valence-electron chi connectivity index (χ3n) is 2.26. The first kappa shape index (κ1) is 8.97. The minimum absolute atomic E-state index is 0.253. The monoisotopic (exact) mass is 158 g/mol. The molecule has 0 unspecified atom stereocenters. The van der Waals surface area contributed by atoms with Gasteiger partial charge in [-0.25, -0.2) is 0 Å². The van der Waals surface area contributed by atoms with Crippen LogP contribution in [0.5, 0.6) is 0 Å². The van der Waals surface area contributed by atoms with Gasteiger partial charge < -0.3 is 15.3 Å². The van der Waals surface area contributed by atoms with Crippen molar-refractivity contribution in [3.05, 3.63) is 0 Å². The van der Waals surface area contributed by atoms with Gasteiger partial charge >= 0.3 is 0 Å². The number of aliphatic hydroxyl groups is 1. The SMILES string of the molecule is CCN1CC[C@H](NCCO)C1. The Morgan fingerprint density at radius 3 is 3.00 bits per heavy atom. The van der Waals surface area contributed by atoms with Crippen LogP contribution in [0.15, 0.2) is 0 Å². The average molecular weight is 158 g/mol. The molecule has 1 saturated heterocycles. The summed E-state index contributed by atoms with van der Waals surface area (Å²) in [4.78, 5) is 2.43. The lowest BCUT2D eigenvalue weighted by molar-refractivity contribution is 0.281. The molecule has 3 heteroatoms. The maximum atomic E-state index is 8.57. The molecule has 0 aromatic heterocycles. The summed E-state index contributed by atoms with van der Waals surface area (Å²) < 4.78 is 0. The molecule has 1 aliphatic heterocycles. The Bertz CT molecular complexity index is 108. The Morgan fingerprint density at radius 2 is 2.45 bits per heavy atom. The third-order valence-corrected chi connectivity index (χ3v) is 2.26. The van der Waals surface area contributed by atoms with Gasteiger partial charge in [-0.3, -0.25) is 0 Å². The van der Waals surface area contributed by atoms with E-state index in [1.807, 2.05) is 0 Å². The van der Waals surface area contributed by atoms with Crippen LogP contribution in [0.2, 0.25) is 0 Å². The first-order valence-corrected chi connectivity index (χ1v) is 4.43. The molecule has 2 N–H and O–H groups in total. The van der Waals surface area contributed by atoms with E-state index < -0.39 is 0 Å². The second kappa shape index (κ2) is 4.70. The Kier molecular flexibility index (Phi) is 3.83. The number of hydrogen-bond acceptors (Lipinski definition) is 3. The van der Waals surface area contributed by atoms with Gasteiger partial charge in [-0.1, -0.05) is 6.92 Å². The van der Waals surface area contributed by atoms with E-state index in [4.69, 9.17) is 5.11 Å². The molecule has 3 nitrogen and oxygen atoms in total. The van der Waals surface area contributed by atoms with Crippen molar-refractivity contribution < 1.29 is 5.11 Å². The van der Waals surface area contributed by atoms with Crippen molar-refractivity contribution >= 4 is 0 Å². The molecule has 0 aromatic carbocycles. The zero-order valence-corrected chi connectivity index (χ0v) is 7.21. The lowest BCUT2D eigenvalue weighted by Gasteiger charge is -2.13. The fourth-order valence-electron chi connectivity index (χ4n) is 1.56. The summed E-state index contributed by atoms with van der Waals surface area (Å²) in [6.45, 7) is 6.69. The van der Waals surface area contributed by atoms with Gasteiger partial charge in [-0.15, -0.1) is 0 Å². The van der Waals surface area contributed by atoms with Crippen molar-refractivity contribution in [3.8, 4) is 0 Å². The highest BCUT2D eigenvalue weighted by Crippen LogP contribution is 2.07. The molecule has 1 atom stereocenters. The molecule has 0 aromatic rings. The van der Waals surface area contributed by atoms with Gasteiger partial charge in [0.2, 0.25) is 0 Å². The van der Waals surface area contributed by atoms with E-state index in [0.717, 1.165) is 19.6 Å². The summed E-state index contributed by atoms with van der Waals surface area (Å²) in [7, 11) is 0. The molecule has 0 saturated carbocycles. The van der Waals surface area contributed by atoms with Gasteiger partial charge in [0.1, 0.15) is 0 Å². The van der Waals surface area contributed by atoms with Gasteiger partial charge in [0.05, 0.1) is 6.61 Å². The predicted octanol–water partition coefficient (Wildman–Crippen LogP) is -0.338. The van der Waals surface area contributed by atoms with Crippen molar-refractivity contribution in [2.24, 2.45) is 0 Å². The van der Waals surface area contributed by atoms with E-state index in [-0.39, 0.29) is 6.61 Å². The molecule has 66 valence electrons. The third kappa shape index (κ3) is 2.77. The minimum Gasteiger partial charge on any atom is -0.395 e. The van der Waals surface area contributed by atoms with Crippen LogP contribution in [0.25, 0.3) is 0 Å². The summed E-state index contributed by atoms with van der Waals surface area (Å²) in [5, 5.41) is 11.9. The largest absolute Gasteiger partial charge is 0.395 e. The number of aliphatic hydroxyl groups excluding tert-OH is 1. The first-order valence-electron chi connectivity index (χ1n) is 4.43. The van der Waals surface area contributed by atoms with Crippen LogP contribution in [-0.2, 0) is 0 Å². The van der Waals surface area contributed by atoms with Crippen molar-refractivity contribution in [3.63, 3.8) is 0 Å². The topological polar surface area (TPSA) is 35.5 Å². The zero-order valence-electron chi connectivity index (χ0n) is 7.21. The first-order chi connectivity index (χ1) is 5.36. The highest BCUT2D eigenvalue weighted by molar-refractivity contribution is 4.79. The molecule has 1 fully saturated rings. The summed E-state index contributed by atoms with van der Waals surface area (Å²) in [5.41, 5.74) is 0. The summed E-state index contributed by atoms with van der Waals surface area (Å²) in [6.07, 6.45) is 1.23. The molecular weight excluding hydrogens is 140 g/mol. The van der Waals surface area contributed by atoms with Crippen molar-refractivity contribution in [1.82, 2.24) is 10.2 Å². The van der Waals surface area contributed by atoms with Crippen LogP contribution in [0.4, 0.5) is 0 Å². The van der Waals surface area contributed by atoms with Crippen LogP contribution in [-0.4, -0.2) is 48.8 Å². The Hall–Kier alpha value is -0.120. The summed E-state index contributed by atoms with van der Waals surface area (Å²) in [6, 6.07) is 0.613. The fourth-order valence-corrected chi connectivity index (χ4v) is 1.56. The van der Waals surface area contributed by atoms with Gasteiger partial charge in [0.25, 0.3) is 0 Å². The van der Waals surface area contributed by atoms with E-state index in [0.29, 0.717) is 6.04 Å². The Morgan fingerprint density at radius 1 is 1.64 bits per heavy atom. The molecule has 11 heavy (non-hydrogen) atoms. The lowest BCUT2D eigenvalue weighted by Crippen LogP contribution is -2.34. The second-order valence-electron chi connectivity index (χ2n) is 3.06. The zero-order chi connectivity index (χ0) is 8.10. The lowest BCUT2D eigenvalue weighted by atomic mass is 10.3. The van der Waals surface area contributed by atoms with Gasteiger partial charge in [0.15, 0.2) is 0 Å². The number of rotatable bonds is 4. The maximum absolute atomic E-state index is 8.57. The molecule has 0 aliphatic carbocycles. The highest BCUT2D eigenvalue weighted by atomic mass is 16.3. The van der Waals surface area contributed by atoms with Crippen LogP contribution < -0.4 is 5.32 Å². The highest BCUT2D eigenvalue weighted by Gasteiger charge is 2.19. The van der Waals surface area contributed by atoms with Crippen LogP contribution in [0.3, 0.4) is 0 Å². The molecule has 1 rings (SSSR count). The fraction of sp³-hybridized carbons (Fsp3) is 1.00. The summed E-state index contributed by atoms with van der Waals surface area (Å²) >= 11 is 0. The van der Waals surface area contributed by atoms with E-state index >= 15 is 0 Å². The molecule has 0 radical (unpaired) electrons. The molecule has 1 aliphatic rings. The van der Waals surface area contributed by atoms with E-state index in [2.05, 4.69) is 17.1 Å². The van der Waals surface area contributed by atoms with Crippen LogP contribution in [0, 0.1) is 0 Å². The maximum Gasteiger partial charge on any atom is 0.0556 e. The molecule has 0 amide bonds. The van der Waals surface area contributed by atoms with Crippen molar-refractivity contribution in [2.75, 3.05) is 32.8 Å². The average Bonchev–Trinajstić information content (AvgIpc) is 2.48. The van der Waals surface area contributed by atoms with Crippen LogP contribution >= 0.6 is 0 Å². The quantitative estimate of drug-likeness (QED) is 0.587. The molecule has 1 heterocycles. The normalized spacial score (nSPS) is 26.2. The number of nitrogens with zero attached hydrogens (tertiary/aromatic N) is 1. The van der Waals surface area contributed by atoms with Gasteiger partial charge in [-0.05, 0) is 19.5 Å². The van der Waals surface area contributed by atoms with Gasteiger partial charge in [-0.2, -0.15) is 0 Å². The van der Waals surface area contributed by atoms with Crippen LogP contribution in [0.1, 0.15) is 13.3 Å². The molecular formula is C8H18N2O. The molecule has 0 bridgehead atoms. The summed E-state index contributed by atoms with van der Waals surface area (Å²) in [5.74, 6) is 0. The number of likely N-dealkylation sites (N-methyl/N-ethyl adjacent to an activating group) is 1. The minimum atomic E-state index is 0.253. The Balaban J connectivity index is 2.09. The smallest absolute Gasteiger partial charge is 0.0556 e. The predicted molar refractivity (Wildman–Crippen MR) is 45.6 cm³/mol. The van der Waals surface area contributed by atoms with E-state index in [1.54, 1.807) is 0 Å². The second-order valence-corrected chi connectivity index (χ2v) is 3.06.